The van der Waals surface area contributed by atoms with Gasteiger partial charge in [-0.2, -0.15) is 5.10 Å². The van der Waals surface area contributed by atoms with Gasteiger partial charge in [0.2, 0.25) is 0 Å². The number of aromatic amines is 1. The first-order valence-electron chi connectivity index (χ1n) is 5.51. The third kappa shape index (κ3) is 2.03. The minimum absolute atomic E-state index is 0.0382. The molecule has 0 spiro atoms. The number of aryl methyl sites for hydroxylation is 1. The number of carbonyl (C=O) groups excluding carboxylic acids is 1. The van der Waals surface area contributed by atoms with Crippen LogP contribution >= 0.6 is 0 Å². The molecule has 82 valence electrons. The van der Waals surface area contributed by atoms with Crippen molar-refractivity contribution in [2.24, 2.45) is 0 Å². The highest BCUT2D eigenvalue weighted by Crippen LogP contribution is 2.18. The topological polar surface area (TPSA) is 57.8 Å². The zero-order valence-corrected chi connectivity index (χ0v) is 9.26. The fraction of sp³-hybridized carbons (Fsp3) is 0.636. The van der Waals surface area contributed by atoms with E-state index in [4.69, 9.17) is 0 Å². The number of carbonyl (C=O) groups is 1. The summed E-state index contributed by atoms with van der Waals surface area (Å²) in [5, 5.41) is 9.88. The van der Waals surface area contributed by atoms with Gasteiger partial charge >= 0.3 is 0 Å². The monoisotopic (exact) mass is 207 g/mol. The summed E-state index contributed by atoms with van der Waals surface area (Å²) in [5.74, 6) is -0.0382. The molecule has 1 aliphatic carbocycles. The van der Waals surface area contributed by atoms with Crippen LogP contribution in [0.25, 0.3) is 0 Å². The van der Waals surface area contributed by atoms with E-state index in [0.717, 1.165) is 24.1 Å². The Kier molecular flexibility index (Phi) is 2.75. The fourth-order valence-electron chi connectivity index (χ4n) is 2.03. The molecule has 15 heavy (non-hydrogen) atoms. The highest BCUT2D eigenvalue weighted by atomic mass is 16.2. The van der Waals surface area contributed by atoms with E-state index in [9.17, 15) is 4.79 Å². The van der Waals surface area contributed by atoms with Crippen LogP contribution in [0, 0.1) is 13.8 Å². The molecule has 2 rings (SSSR count). The second-order valence-electron chi connectivity index (χ2n) is 4.28. The molecule has 0 saturated heterocycles. The van der Waals surface area contributed by atoms with E-state index in [-0.39, 0.29) is 5.91 Å². The number of nitrogens with one attached hydrogen (secondary N) is 2. The van der Waals surface area contributed by atoms with Crippen molar-refractivity contribution in [3.05, 3.63) is 17.0 Å². The molecule has 1 heterocycles. The first-order chi connectivity index (χ1) is 7.18. The molecule has 2 N–H and O–H groups in total. The van der Waals surface area contributed by atoms with Gasteiger partial charge in [-0.05, 0) is 26.7 Å². The predicted octanol–water partition coefficient (Wildman–Crippen LogP) is 1.70. The van der Waals surface area contributed by atoms with Gasteiger partial charge < -0.3 is 5.32 Å². The van der Waals surface area contributed by atoms with Crippen molar-refractivity contribution in [2.75, 3.05) is 0 Å². The molecule has 1 amide bonds. The first-order valence-corrected chi connectivity index (χ1v) is 5.51. The van der Waals surface area contributed by atoms with E-state index >= 15 is 0 Å². The predicted molar refractivity (Wildman–Crippen MR) is 57.8 cm³/mol. The maximum atomic E-state index is 11.8. The second kappa shape index (κ2) is 4.04. The van der Waals surface area contributed by atoms with Gasteiger partial charge in [-0.15, -0.1) is 0 Å². The van der Waals surface area contributed by atoms with Gasteiger partial charge in [0.25, 0.3) is 5.91 Å². The Labute approximate surface area is 89.5 Å². The molecule has 0 aromatic carbocycles. The summed E-state index contributed by atoms with van der Waals surface area (Å²) in [6.07, 6.45) is 4.66. The summed E-state index contributed by atoms with van der Waals surface area (Å²) >= 11 is 0. The van der Waals surface area contributed by atoms with E-state index in [2.05, 4.69) is 15.5 Å². The zero-order chi connectivity index (χ0) is 10.8. The first kappa shape index (κ1) is 10.2. The number of hydrogen-bond acceptors (Lipinski definition) is 2. The summed E-state index contributed by atoms with van der Waals surface area (Å²) in [7, 11) is 0. The molecular weight excluding hydrogens is 190 g/mol. The van der Waals surface area contributed by atoms with Crippen LogP contribution in [0.2, 0.25) is 0 Å². The lowest BCUT2D eigenvalue weighted by molar-refractivity contribution is 0.0932. The Morgan fingerprint density at radius 1 is 1.40 bits per heavy atom. The van der Waals surface area contributed by atoms with E-state index < -0.39 is 0 Å². The van der Waals surface area contributed by atoms with E-state index in [1.54, 1.807) is 0 Å². The zero-order valence-electron chi connectivity index (χ0n) is 9.26. The maximum Gasteiger partial charge on any atom is 0.272 e. The van der Waals surface area contributed by atoms with Gasteiger partial charge in [0.05, 0.1) is 0 Å². The fourth-order valence-corrected chi connectivity index (χ4v) is 2.03. The standard InChI is InChI=1S/C11H17N3O/c1-7-8(2)13-14-10(7)11(15)12-9-5-3-4-6-9/h9H,3-6H2,1-2H3,(H,12,15)(H,13,14). The molecular formula is C11H17N3O. The van der Waals surface area contributed by atoms with Gasteiger partial charge in [-0.25, -0.2) is 0 Å². The minimum atomic E-state index is -0.0382. The number of rotatable bonds is 2. The van der Waals surface area contributed by atoms with Crippen LogP contribution in [0.5, 0.6) is 0 Å². The van der Waals surface area contributed by atoms with Gasteiger partial charge in [-0.1, -0.05) is 12.8 Å². The number of nitrogens with zero attached hydrogens (tertiary/aromatic N) is 1. The van der Waals surface area contributed by atoms with Gasteiger partial charge in [0, 0.05) is 17.3 Å². The summed E-state index contributed by atoms with van der Waals surface area (Å²) in [5.41, 5.74) is 2.46. The lowest BCUT2D eigenvalue weighted by atomic mass is 10.2. The largest absolute Gasteiger partial charge is 0.348 e. The number of hydrogen-bond donors (Lipinski definition) is 2. The molecule has 0 atom stereocenters. The van der Waals surface area contributed by atoms with Crippen molar-refractivity contribution in [1.82, 2.24) is 15.5 Å². The summed E-state index contributed by atoms with van der Waals surface area (Å²) in [6.45, 7) is 3.84. The molecule has 1 fully saturated rings. The van der Waals surface area contributed by atoms with Crippen molar-refractivity contribution in [2.45, 2.75) is 45.6 Å². The number of aromatic nitrogens is 2. The Morgan fingerprint density at radius 3 is 2.60 bits per heavy atom. The van der Waals surface area contributed by atoms with Crippen LogP contribution in [0.15, 0.2) is 0 Å². The molecule has 1 aromatic rings. The summed E-state index contributed by atoms with van der Waals surface area (Å²) < 4.78 is 0. The van der Waals surface area contributed by atoms with Crippen molar-refractivity contribution in [3.8, 4) is 0 Å². The van der Waals surface area contributed by atoms with Crippen LogP contribution < -0.4 is 5.32 Å². The van der Waals surface area contributed by atoms with E-state index in [0.29, 0.717) is 11.7 Å². The number of amides is 1. The van der Waals surface area contributed by atoms with Gasteiger partial charge in [0.1, 0.15) is 0 Å². The Balaban J connectivity index is 2.04. The molecule has 0 unspecified atom stereocenters. The van der Waals surface area contributed by atoms with Crippen molar-refractivity contribution in [1.29, 1.82) is 0 Å². The molecule has 1 saturated carbocycles. The Bertz CT molecular complexity index is 364. The van der Waals surface area contributed by atoms with Crippen LogP contribution in [0.1, 0.15) is 47.4 Å². The molecule has 4 heteroatoms. The molecule has 1 aromatic heterocycles. The summed E-state index contributed by atoms with van der Waals surface area (Å²) in [6, 6.07) is 0.355. The van der Waals surface area contributed by atoms with E-state index in [1.807, 2.05) is 13.8 Å². The van der Waals surface area contributed by atoms with Crippen LogP contribution in [-0.2, 0) is 0 Å². The third-order valence-corrected chi connectivity index (χ3v) is 3.16. The van der Waals surface area contributed by atoms with Crippen molar-refractivity contribution >= 4 is 5.91 Å². The van der Waals surface area contributed by atoms with Crippen LogP contribution in [0.4, 0.5) is 0 Å². The lowest BCUT2D eigenvalue weighted by Gasteiger charge is -2.10. The average Bonchev–Trinajstić information content (AvgIpc) is 2.79. The highest BCUT2D eigenvalue weighted by Gasteiger charge is 2.20. The highest BCUT2D eigenvalue weighted by molar-refractivity contribution is 5.94. The van der Waals surface area contributed by atoms with Gasteiger partial charge in [0.15, 0.2) is 5.69 Å². The second-order valence-corrected chi connectivity index (χ2v) is 4.28. The normalized spacial score (nSPS) is 16.9. The maximum absolute atomic E-state index is 11.8. The number of H-pyrrole nitrogens is 1. The SMILES string of the molecule is Cc1[nH]nc(C(=O)NC2CCCC2)c1C. The molecule has 4 nitrogen and oxygen atoms in total. The van der Waals surface area contributed by atoms with Gasteiger partial charge in [-0.3, -0.25) is 9.89 Å². The summed E-state index contributed by atoms with van der Waals surface area (Å²) in [4.78, 5) is 11.8. The molecule has 1 aliphatic rings. The van der Waals surface area contributed by atoms with Crippen LogP contribution in [0.3, 0.4) is 0 Å². The molecule has 0 aliphatic heterocycles. The quantitative estimate of drug-likeness (QED) is 0.775. The Morgan fingerprint density at radius 2 is 2.07 bits per heavy atom. The van der Waals surface area contributed by atoms with Crippen molar-refractivity contribution < 1.29 is 4.79 Å². The molecule has 0 radical (unpaired) electrons. The minimum Gasteiger partial charge on any atom is -0.348 e. The lowest BCUT2D eigenvalue weighted by Crippen LogP contribution is -2.33. The van der Waals surface area contributed by atoms with Crippen molar-refractivity contribution in [3.63, 3.8) is 0 Å². The Hall–Kier alpha value is -1.32. The van der Waals surface area contributed by atoms with Crippen LogP contribution in [-0.4, -0.2) is 22.1 Å². The third-order valence-electron chi connectivity index (χ3n) is 3.16. The molecule has 0 bridgehead atoms. The van der Waals surface area contributed by atoms with E-state index in [1.165, 1.54) is 12.8 Å². The smallest absolute Gasteiger partial charge is 0.272 e. The average molecular weight is 207 g/mol.